The summed E-state index contributed by atoms with van der Waals surface area (Å²) >= 11 is 0. The molecule has 162 valence electrons. The average molecular weight is 377 g/mol. The number of rotatable bonds is 4. The largest absolute Gasteiger partial charge is 0.400 e. The minimum Gasteiger partial charge on any atom is -0.400 e. The molecule has 0 bridgehead atoms. The first-order chi connectivity index (χ1) is 11.2. The van der Waals surface area contributed by atoms with Gasteiger partial charge in [0.1, 0.15) is 0 Å². The van der Waals surface area contributed by atoms with Crippen molar-refractivity contribution in [1.29, 1.82) is 0 Å². The predicted octanol–water partition coefficient (Wildman–Crippen LogP) is 7.44. The fourth-order valence-corrected chi connectivity index (χ4v) is 1.60. The van der Waals surface area contributed by atoms with Gasteiger partial charge in [-0.25, -0.2) is 4.89 Å². The lowest BCUT2D eigenvalue weighted by atomic mass is 9.84. The van der Waals surface area contributed by atoms with Crippen LogP contribution in [-0.2, 0) is 4.89 Å². The quantitative estimate of drug-likeness (QED) is 0.304. The van der Waals surface area contributed by atoms with Gasteiger partial charge in [0.05, 0.1) is 6.61 Å². The van der Waals surface area contributed by atoms with Crippen molar-refractivity contribution in [3.8, 4) is 12.3 Å². The Morgan fingerprint density at radius 3 is 1.15 bits per heavy atom. The van der Waals surface area contributed by atoms with Crippen LogP contribution in [0.25, 0.3) is 0 Å². The Balaban J connectivity index is -0.0000000864. The molecule has 0 aliphatic rings. The Bertz CT molecular complexity index is 267. The van der Waals surface area contributed by atoms with E-state index in [1.54, 1.807) is 6.92 Å². The average Bonchev–Trinajstić information content (AvgIpc) is 2.44. The van der Waals surface area contributed by atoms with Gasteiger partial charge in [0.25, 0.3) is 0 Å². The van der Waals surface area contributed by atoms with Gasteiger partial charge in [-0.2, -0.15) is 0 Å². The molecule has 0 aromatic rings. The summed E-state index contributed by atoms with van der Waals surface area (Å²) in [5, 5.41) is 14.4. The SMILES string of the molecule is C.C#CCCC(C)(C)C.CC(C)(C)CCCC(C)(C)C.CCOO.CO. The number of hydrogen-bond acceptors (Lipinski definition) is 3. The van der Waals surface area contributed by atoms with Crippen molar-refractivity contribution < 1.29 is 15.3 Å². The number of aliphatic hydroxyl groups excluding tert-OH is 1. The van der Waals surface area contributed by atoms with Crippen LogP contribution in [0.5, 0.6) is 0 Å². The summed E-state index contributed by atoms with van der Waals surface area (Å²) in [5.74, 6) is 2.62. The Morgan fingerprint density at radius 2 is 1.04 bits per heavy atom. The molecule has 0 amide bonds. The van der Waals surface area contributed by atoms with Gasteiger partial charge in [-0.15, -0.1) is 12.3 Å². The van der Waals surface area contributed by atoms with Gasteiger partial charge in [-0.3, -0.25) is 5.26 Å². The summed E-state index contributed by atoms with van der Waals surface area (Å²) in [6.07, 6.45) is 11.2. The minimum atomic E-state index is 0. The van der Waals surface area contributed by atoms with Gasteiger partial charge in [0, 0.05) is 13.5 Å². The molecule has 0 aliphatic heterocycles. The molecule has 3 nitrogen and oxygen atoms in total. The molecule has 0 fully saturated rings. The first kappa shape index (κ1) is 36.4. The van der Waals surface area contributed by atoms with Crippen LogP contribution in [0.3, 0.4) is 0 Å². The zero-order valence-electron chi connectivity index (χ0n) is 19.1. The molecular weight excluding hydrogens is 324 g/mol. The lowest BCUT2D eigenvalue weighted by molar-refractivity contribution is -0.237. The molecule has 2 N–H and O–H groups in total. The molecular formula is C23H52O3. The highest BCUT2D eigenvalue weighted by atomic mass is 17.1. The summed E-state index contributed by atoms with van der Waals surface area (Å²) in [6, 6.07) is 0. The summed E-state index contributed by atoms with van der Waals surface area (Å²) in [5.41, 5.74) is 1.45. The first-order valence-corrected chi connectivity index (χ1v) is 9.33. The topological polar surface area (TPSA) is 49.7 Å². The molecule has 0 aromatic carbocycles. The fraction of sp³-hybridized carbons (Fsp3) is 0.913. The third kappa shape index (κ3) is 65.3. The predicted molar refractivity (Wildman–Crippen MR) is 119 cm³/mol. The highest BCUT2D eigenvalue weighted by Gasteiger charge is 2.14. The van der Waals surface area contributed by atoms with Gasteiger partial charge in [-0.05, 0) is 42.4 Å². The van der Waals surface area contributed by atoms with E-state index in [9.17, 15) is 0 Å². The normalized spacial score (nSPS) is 10.5. The molecule has 0 radical (unpaired) electrons. The maximum Gasteiger partial charge on any atom is 0.0791 e. The summed E-state index contributed by atoms with van der Waals surface area (Å²) < 4.78 is 0. The molecule has 0 aromatic heterocycles. The van der Waals surface area contributed by atoms with Gasteiger partial charge >= 0.3 is 0 Å². The maximum atomic E-state index is 7.38. The van der Waals surface area contributed by atoms with Crippen LogP contribution in [0.1, 0.15) is 109 Å². The molecule has 0 heterocycles. The molecule has 0 saturated carbocycles. The van der Waals surface area contributed by atoms with Crippen LogP contribution in [0.4, 0.5) is 0 Å². The van der Waals surface area contributed by atoms with Crippen LogP contribution in [0, 0.1) is 28.6 Å². The molecule has 3 heteroatoms. The van der Waals surface area contributed by atoms with E-state index in [4.69, 9.17) is 16.8 Å². The second-order valence-corrected chi connectivity index (χ2v) is 9.66. The summed E-state index contributed by atoms with van der Waals surface area (Å²) in [7, 11) is 1.00. The van der Waals surface area contributed by atoms with Crippen LogP contribution in [0.15, 0.2) is 0 Å². The van der Waals surface area contributed by atoms with Crippen LogP contribution in [0.2, 0.25) is 0 Å². The third-order valence-electron chi connectivity index (χ3n) is 3.00. The maximum absolute atomic E-state index is 7.38. The summed E-state index contributed by atoms with van der Waals surface area (Å²) in [4.78, 5) is 3.54. The number of aliphatic hydroxyl groups is 1. The minimum absolute atomic E-state index is 0. The van der Waals surface area contributed by atoms with E-state index in [-0.39, 0.29) is 7.43 Å². The van der Waals surface area contributed by atoms with Gasteiger partial charge < -0.3 is 5.11 Å². The van der Waals surface area contributed by atoms with Crippen molar-refractivity contribution in [2.24, 2.45) is 16.2 Å². The Kier molecular flexibility index (Phi) is 29.0. The van der Waals surface area contributed by atoms with Gasteiger partial charge in [-0.1, -0.05) is 76.2 Å². The Morgan fingerprint density at radius 1 is 0.769 bits per heavy atom. The monoisotopic (exact) mass is 376 g/mol. The molecule has 0 saturated heterocycles. The Labute approximate surface area is 166 Å². The molecule has 0 unspecified atom stereocenters. The van der Waals surface area contributed by atoms with E-state index < -0.39 is 0 Å². The standard InChI is InChI=1S/C11H24.C8H14.C2H6O2.CH4O.CH4/c1-10(2,3)8-7-9-11(4,5)6;1-5-6-7-8(2,3)4;1-2-4-3;1-2;/h7-9H2,1-6H3;1H,6-7H2,2-4H3;3H,2H2,1H3;2H,1H3;1H4. The fourth-order valence-electron chi connectivity index (χ4n) is 1.60. The second-order valence-electron chi connectivity index (χ2n) is 9.66. The van der Waals surface area contributed by atoms with E-state index in [0.717, 1.165) is 20.0 Å². The number of hydrogen-bond donors (Lipinski definition) is 2. The van der Waals surface area contributed by atoms with Crippen molar-refractivity contribution in [2.45, 2.75) is 109 Å². The van der Waals surface area contributed by atoms with Crippen molar-refractivity contribution in [1.82, 2.24) is 0 Å². The van der Waals surface area contributed by atoms with Crippen LogP contribution in [-0.4, -0.2) is 24.1 Å². The van der Waals surface area contributed by atoms with E-state index in [1.807, 2.05) is 0 Å². The second kappa shape index (κ2) is 20.7. The lowest BCUT2D eigenvalue weighted by Crippen LogP contribution is -2.09. The van der Waals surface area contributed by atoms with Crippen LogP contribution < -0.4 is 0 Å². The molecule has 0 rings (SSSR count). The molecule has 0 spiro atoms. The number of terminal acetylenes is 1. The van der Waals surface area contributed by atoms with Gasteiger partial charge in [0.2, 0.25) is 0 Å². The van der Waals surface area contributed by atoms with Crippen molar-refractivity contribution in [3.05, 3.63) is 0 Å². The molecule has 0 aliphatic carbocycles. The van der Waals surface area contributed by atoms with Crippen molar-refractivity contribution in [2.75, 3.05) is 13.7 Å². The zero-order valence-corrected chi connectivity index (χ0v) is 19.1. The smallest absolute Gasteiger partial charge is 0.0791 e. The van der Waals surface area contributed by atoms with E-state index in [1.165, 1.54) is 19.3 Å². The highest BCUT2D eigenvalue weighted by Crippen LogP contribution is 2.27. The van der Waals surface area contributed by atoms with E-state index in [2.05, 4.69) is 73.1 Å². The highest BCUT2D eigenvalue weighted by molar-refractivity contribution is 4.85. The molecule has 26 heavy (non-hydrogen) atoms. The summed E-state index contributed by atoms with van der Waals surface area (Å²) in [6.45, 7) is 22.6. The Hall–Kier alpha value is -0.560. The van der Waals surface area contributed by atoms with E-state index in [0.29, 0.717) is 22.9 Å². The third-order valence-corrected chi connectivity index (χ3v) is 3.00. The molecule has 0 atom stereocenters. The van der Waals surface area contributed by atoms with Crippen molar-refractivity contribution >= 4 is 0 Å². The lowest BCUT2D eigenvalue weighted by Gasteiger charge is -2.22. The van der Waals surface area contributed by atoms with Gasteiger partial charge in [0.15, 0.2) is 0 Å². The zero-order chi connectivity index (χ0) is 21.2. The van der Waals surface area contributed by atoms with E-state index >= 15 is 0 Å². The van der Waals surface area contributed by atoms with Crippen molar-refractivity contribution in [3.63, 3.8) is 0 Å². The van der Waals surface area contributed by atoms with Crippen LogP contribution >= 0.6 is 0 Å². The first-order valence-electron chi connectivity index (χ1n) is 9.33.